The minimum absolute atomic E-state index is 0.00627. The van der Waals surface area contributed by atoms with Gasteiger partial charge in [-0.05, 0) is 57.2 Å². The van der Waals surface area contributed by atoms with Crippen molar-refractivity contribution in [3.8, 4) is 10.6 Å². The van der Waals surface area contributed by atoms with Gasteiger partial charge >= 0.3 is 0 Å². The third-order valence-electron chi connectivity index (χ3n) is 4.48. The van der Waals surface area contributed by atoms with Crippen molar-refractivity contribution in [1.29, 1.82) is 0 Å². The van der Waals surface area contributed by atoms with Gasteiger partial charge in [0.15, 0.2) is 0 Å². The van der Waals surface area contributed by atoms with Crippen LogP contribution in [0, 0.1) is 5.82 Å². The van der Waals surface area contributed by atoms with E-state index < -0.39 is 0 Å². The summed E-state index contributed by atoms with van der Waals surface area (Å²) < 4.78 is 14.5. The molecule has 0 amide bonds. The molecule has 0 bridgehead atoms. The van der Waals surface area contributed by atoms with Crippen molar-refractivity contribution in [2.45, 2.75) is 12.5 Å². The normalized spacial score (nSPS) is 16.6. The highest BCUT2D eigenvalue weighted by Gasteiger charge is 2.32. The molecule has 0 unspecified atom stereocenters. The van der Waals surface area contributed by atoms with Crippen LogP contribution in [0.1, 0.15) is 22.9 Å². The number of halogens is 2. The number of anilines is 1. The molecule has 0 saturated carbocycles. The molecule has 0 aliphatic carbocycles. The number of hydrogen-bond donors (Lipinski definition) is 0. The minimum Gasteiger partial charge on any atom is -0.231 e. The lowest BCUT2D eigenvalue weighted by Crippen LogP contribution is -2.18. The highest BCUT2D eigenvalue weighted by molar-refractivity contribution is 9.11. The molecule has 8 heteroatoms. The van der Waals surface area contributed by atoms with Crippen molar-refractivity contribution in [3.05, 3.63) is 79.3 Å². The summed E-state index contributed by atoms with van der Waals surface area (Å²) in [7, 11) is 0. The van der Waals surface area contributed by atoms with Crippen molar-refractivity contribution in [3.63, 3.8) is 0 Å². The second-order valence-electron chi connectivity index (χ2n) is 6.26. The number of aromatic nitrogens is 1. The Morgan fingerprint density at radius 2 is 1.89 bits per heavy atom. The quantitative estimate of drug-likeness (QED) is 0.303. The van der Waals surface area contributed by atoms with Crippen LogP contribution in [0.5, 0.6) is 0 Å². The molecule has 0 radical (unpaired) electrons. The van der Waals surface area contributed by atoms with Gasteiger partial charge in [0.05, 0.1) is 31.0 Å². The molecule has 3 aromatic heterocycles. The number of benzene rings is 1. The van der Waals surface area contributed by atoms with E-state index in [9.17, 15) is 4.39 Å². The summed E-state index contributed by atoms with van der Waals surface area (Å²) in [5, 5.41) is 11.9. The van der Waals surface area contributed by atoms with Crippen molar-refractivity contribution < 1.29 is 4.39 Å². The Bertz CT molecular complexity index is 1130. The Hall–Kier alpha value is -1.87. The molecule has 5 rings (SSSR count). The fraction of sp³-hybridized carbons (Fsp3) is 0.100. The van der Waals surface area contributed by atoms with E-state index in [4.69, 9.17) is 10.1 Å². The zero-order valence-electron chi connectivity index (χ0n) is 14.4. The van der Waals surface area contributed by atoms with Crippen LogP contribution in [0.4, 0.5) is 9.52 Å². The van der Waals surface area contributed by atoms with Crippen LogP contribution in [-0.4, -0.2) is 10.7 Å². The molecule has 28 heavy (non-hydrogen) atoms. The number of thiazole rings is 1. The third-order valence-corrected chi connectivity index (χ3v) is 7.88. The number of rotatable bonds is 4. The smallest absolute Gasteiger partial charge is 0.207 e. The molecule has 0 fully saturated rings. The van der Waals surface area contributed by atoms with Crippen molar-refractivity contribution >= 4 is 60.8 Å². The maximum atomic E-state index is 13.4. The lowest BCUT2D eigenvalue weighted by molar-refractivity contribution is 0.624. The molecule has 140 valence electrons. The Balaban J connectivity index is 1.53. The van der Waals surface area contributed by atoms with Crippen LogP contribution in [0.25, 0.3) is 10.6 Å². The first-order valence-electron chi connectivity index (χ1n) is 8.55. The monoisotopic (exact) mass is 489 g/mol. The summed E-state index contributed by atoms with van der Waals surface area (Å²) >= 11 is 8.44. The summed E-state index contributed by atoms with van der Waals surface area (Å²) in [4.78, 5) is 7.12. The average molecular weight is 490 g/mol. The molecule has 4 aromatic rings. The van der Waals surface area contributed by atoms with Gasteiger partial charge < -0.3 is 0 Å². The zero-order valence-corrected chi connectivity index (χ0v) is 18.4. The fourth-order valence-electron chi connectivity index (χ4n) is 3.16. The van der Waals surface area contributed by atoms with E-state index in [1.807, 2.05) is 29.3 Å². The van der Waals surface area contributed by atoms with Gasteiger partial charge in [-0.2, -0.15) is 5.10 Å². The largest absolute Gasteiger partial charge is 0.231 e. The summed E-state index contributed by atoms with van der Waals surface area (Å²) in [6.07, 6.45) is 0.769. The van der Waals surface area contributed by atoms with Crippen molar-refractivity contribution in [2.24, 2.45) is 5.10 Å². The van der Waals surface area contributed by atoms with Gasteiger partial charge in [-0.25, -0.2) is 14.4 Å². The molecule has 0 spiro atoms. The number of hydrazone groups is 1. The molecule has 1 aromatic carbocycles. The van der Waals surface area contributed by atoms with Gasteiger partial charge in [0, 0.05) is 11.8 Å². The van der Waals surface area contributed by atoms with E-state index >= 15 is 0 Å². The Morgan fingerprint density at radius 3 is 2.61 bits per heavy atom. The van der Waals surface area contributed by atoms with E-state index in [-0.39, 0.29) is 11.9 Å². The van der Waals surface area contributed by atoms with Crippen LogP contribution >= 0.6 is 49.9 Å². The SMILES string of the molecule is Fc1ccc([C@@H]2CC(c3cccs3)=NN2c2nc(-c3ccc(Br)s3)cs2)cc1. The van der Waals surface area contributed by atoms with E-state index in [0.717, 1.165) is 42.1 Å². The first-order chi connectivity index (χ1) is 13.7. The maximum Gasteiger partial charge on any atom is 0.207 e. The Labute approximate surface area is 181 Å². The Kier molecular flexibility index (Phi) is 4.88. The molecule has 1 aliphatic heterocycles. The van der Waals surface area contributed by atoms with E-state index in [0.29, 0.717) is 0 Å². The first-order valence-corrected chi connectivity index (χ1v) is 11.9. The lowest BCUT2D eigenvalue weighted by Gasteiger charge is -2.21. The molecule has 1 atom stereocenters. The van der Waals surface area contributed by atoms with Gasteiger partial charge in [-0.3, -0.25) is 0 Å². The van der Waals surface area contributed by atoms with Crippen LogP contribution in [0.15, 0.2) is 68.2 Å². The summed E-state index contributed by atoms with van der Waals surface area (Å²) in [5.41, 5.74) is 3.03. The van der Waals surface area contributed by atoms with Gasteiger partial charge in [0.25, 0.3) is 0 Å². The van der Waals surface area contributed by atoms with E-state index in [1.165, 1.54) is 12.1 Å². The van der Waals surface area contributed by atoms with E-state index in [2.05, 4.69) is 38.8 Å². The second-order valence-corrected chi connectivity index (χ2v) is 10.5. The summed E-state index contributed by atoms with van der Waals surface area (Å²) in [5.74, 6) is -0.229. The van der Waals surface area contributed by atoms with Crippen molar-refractivity contribution in [2.75, 3.05) is 5.01 Å². The molecule has 1 aliphatic rings. The Morgan fingerprint density at radius 1 is 1.04 bits per heavy atom. The highest BCUT2D eigenvalue weighted by Crippen LogP contribution is 2.41. The van der Waals surface area contributed by atoms with Gasteiger partial charge in [-0.1, -0.05) is 18.2 Å². The molecule has 0 saturated heterocycles. The standard InChI is InChI=1S/C20H13BrFN3S3/c21-19-8-7-18(28-19)15-11-27-20(23-15)25-16(12-3-5-13(22)6-4-12)10-14(24-25)17-2-1-9-26-17/h1-9,11,16H,10H2/t16-/m0/s1. The molecule has 4 heterocycles. The molecule has 0 N–H and O–H groups in total. The first kappa shape index (κ1) is 18.2. The van der Waals surface area contributed by atoms with E-state index in [1.54, 1.807) is 34.0 Å². The van der Waals surface area contributed by atoms with Crippen LogP contribution in [0.2, 0.25) is 0 Å². The zero-order chi connectivity index (χ0) is 19.1. The number of thiophene rings is 2. The molecule has 3 nitrogen and oxygen atoms in total. The molecular weight excluding hydrogens is 477 g/mol. The van der Waals surface area contributed by atoms with Crippen molar-refractivity contribution in [1.82, 2.24) is 4.98 Å². The van der Waals surface area contributed by atoms with Gasteiger partial charge in [-0.15, -0.1) is 34.0 Å². The lowest BCUT2D eigenvalue weighted by atomic mass is 10.0. The fourth-order valence-corrected chi connectivity index (χ4v) is 6.12. The third kappa shape index (κ3) is 3.45. The van der Waals surface area contributed by atoms with Crippen LogP contribution in [-0.2, 0) is 0 Å². The van der Waals surface area contributed by atoms with Gasteiger partial charge in [0.1, 0.15) is 5.82 Å². The highest BCUT2D eigenvalue weighted by atomic mass is 79.9. The predicted octanol–water partition coefficient (Wildman–Crippen LogP) is 7.19. The van der Waals surface area contributed by atoms with Gasteiger partial charge in [0.2, 0.25) is 5.13 Å². The maximum absolute atomic E-state index is 13.4. The topological polar surface area (TPSA) is 28.5 Å². The average Bonchev–Trinajstić information content (AvgIpc) is 3.47. The summed E-state index contributed by atoms with van der Waals surface area (Å²) in [6, 6.07) is 14.9. The van der Waals surface area contributed by atoms with Crippen LogP contribution < -0.4 is 5.01 Å². The predicted molar refractivity (Wildman–Crippen MR) is 120 cm³/mol. The summed E-state index contributed by atoms with van der Waals surface area (Å²) in [6.45, 7) is 0. The number of nitrogens with zero attached hydrogens (tertiary/aromatic N) is 3. The minimum atomic E-state index is -0.229. The van der Waals surface area contributed by atoms with Crippen LogP contribution in [0.3, 0.4) is 0 Å². The molecular formula is C20H13BrFN3S3. The number of hydrogen-bond acceptors (Lipinski definition) is 6. The second kappa shape index (κ2) is 7.51.